The molecule has 0 saturated carbocycles. The standard InChI is InChI=1S/C23H32N4O3/c1-16(21(28)26-20-11-5-10-19-18(20)9-6-12-24-19)27-13-7-8-17(15-27)14-25-22(29)30-23(2,3)4/h5-6,9-12,16-17H,7-8,13-15H2,1-4H3,(H,25,29)(H,26,28). The number of carbonyl (C=O) groups excluding carboxylic acids is 2. The molecule has 2 atom stereocenters. The van der Waals surface area contributed by atoms with E-state index in [9.17, 15) is 9.59 Å². The third kappa shape index (κ3) is 5.92. The highest BCUT2D eigenvalue weighted by molar-refractivity contribution is 6.02. The summed E-state index contributed by atoms with van der Waals surface area (Å²) < 4.78 is 5.31. The van der Waals surface area contributed by atoms with Gasteiger partial charge in [-0.25, -0.2) is 4.79 Å². The van der Waals surface area contributed by atoms with Gasteiger partial charge in [-0.05, 0) is 77.3 Å². The number of nitrogens with zero attached hydrogens (tertiary/aromatic N) is 2. The van der Waals surface area contributed by atoms with E-state index in [1.165, 1.54) is 0 Å². The Bertz CT molecular complexity index is 888. The molecule has 2 N–H and O–H groups in total. The number of fused-ring (bicyclic) bond motifs is 1. The number of aromatic nitrogens is 1. The lowest BCUT2D eigenvalue weighted by Crippen LogP contribution is -2.49. The highest BCUT2D eigenvalue weighted by Gasteiger charge is 2.28. The smallest absolute Gasteiger partial charge is 0.407 e. The van der Waals surface area contributed by atoms with E-state index in [4.69, 9.17) is 4.74 Å². The molecule has 1 aliphatic rings. The number of piperidine rings is 1. The van der Waals surface area contributed by atoms with Gasteiger partial charge in [-0.2, -0.15) is 0 Å². The quantitative estimate of drug-likeness (QED) is 0.780. The van der Waals surface area contributed by atoms with Gasteiger partial charge in [0.2, 0.25) is 5.91 Å². The summed E-state index contributed by atoms with van der Waals surface area (Å²) in [6, 6.07) is 9.30. The fourth-order valence-electron chi connectivity index (χ4n) is 3.77. The Morgan fingerprint density at radius 2 is 2.07 bits per heavy atom. The number of rotatable bonds is 5. The first-order valence-corrected chi connectivity index (χ1v) is 10.6. The van der Waals surface area contributed by atoms with Crippen molar-refractivity contribution in [3.63, 3.8) is 0 Å². The Hall–Kier alpha value is -2.67. The summed E-state index contributed by atoms with van der Waals surface area (Å²) in [7, 11) is 0. The fraction of sp³-hybridized carbons (Fsp3) is 0.522. The van der Waals surface area contributed by atoms with E-state index in [1.54, 1.807) is 6.20 Å². The van der Waals surface area contributed by atoms with E-state index in [1.807, 2.05) is 58.0 Å². The minimum atomic E-state index is -0.508. The van der Waals surface area contributed by atoms with E-state index in [2.05, 4.69) is 20.5 Å². The van der Waals surface area contributed by atoms with Crippen LogP contribution in [0.2, 0.25) is 0 Å². The predicted molar refractivity (Wildman–Crippen MR) is 118 cm³/mol. The molecule has 30 heavy (non-hydrogen) atoms. The normalized spacial score (nSPS) is 18.6. The zero-order valence-electron chi connectivity index (χ0n) is 18.3. The summed E-state index contributed by atoms with van der Waals surface area (Å²) in [5.74, 6) is 0.260. The molecule has 2 heterocycles. The molecule has 0 spiro atoms. The molecule has 1 saturated heterocycles. The summed E-state index contributed by atoms with van der Waals surface area (Å²) in [6.07, 6.45) is 3.37. The minimum absolute atomic E-state index is 0.0351. The maximum absolute atomic E-state index is 12.9. The van der Waals surface area contributed by atoms with E-state index in [-0.39, 0.29) is 11.9 Å². The van der Waals surface area contributed by atoms with Gasteiger partial charge in [-0.15, -0.1) is 0 Å². The Kier molecular flexibility index (Phi) is 6.92. The van der Waals surface area contributed by atoms with Crippen LogP contribution in [0.25, 0.3) is 10.9 Å². The number of hydrogen-bond acceptors (Lipinski definition) is 5. The number of likely N-dealkylation sites (tertiary alicyclic amines) is 1. The van der Waals surface area contributed by atoms with Crippen molar-refractivity contribution < 1.29 is 14.3 Å². The lowest BCUT2D eigenvalue weighted by atomic mass is 9.96. The second-order valence-electron chi connectivity index (χ2n) is 8.93. The topological polar surface area (TPSA) is 83.6 Å². The molecule has 3 rings (SSSR count). The van der Waals surface area contributed by atoms with Gasteiger partial charge in [0.25, 0.3) is 0 Å². The first-order valence-electron chi connectivity index (χ1n) is 10.6. The monoisotopic (exact) mass is 412 g/mol. The first kappa shape index (κ1) is 22.0. The first-order chi connectivity index (χ1) is 14.2. The lowest BCUT2D eigenvalue weighted by molar-refractivity contribution is -0.121. The zero-order valence-corrected chi connectivity index (χ0v) is 18.3. The van der Waals surface area contributed by atoms with Crippen molar-refractivity contribution in [3.8, 4) is 0 Å². The summed E-state index contributed by atoms with van der Waals surface area (Å²) >= 11 is 0. The van der Waals surface area contributed by atoms with Crippen molar-refractivity contribution in [2.45, 2.75) is 52.2 Å². The molecular formula is C23H32N4O3. The van der Waals surface area contributed by atoms with Crippen LogP contribution in [0.1, 0.15) is 40.5 Å². The van der Waals surface area contributed by atoms with Gasteiger partial charge in [0, 0.05) is 24.7 Å². The third-order valence-corrected chi connectivity index (χ3v) is 5.32. The highest BCUT2D eigenvalue weighted by Crippen LogP contribution is 2.23. The Balaban J connectivity index is 1.56. The van der Waals surface area contributed by atoms with Crippen LogP contribution in [0.3, 0.4) is 0 Å². The average molecular weight is 413 g/mol. The van der Waals surface area contributed by atoms with Crippen molar-refractivity contribution in [2.24, 2.45) is 5.92 Å². The van der Waals surface area contributed by atoms with Crippen LogP contribution in [0.15, 0.2) is 36.5 Å². The van der Waals surface area contributed by atoms with Crippen LogP contribution in [0.4, 0.5) is 10.5 Å². The molecule has 7 nitrogen and oxygen atoms in total. The molecule has 0 radical (unpaired) electrons. The van der Waals surface area contributed by atoms with E-state index in [0.29, 0.717) is 12.5 Å². The molecule has 0 bridgehead atoms. The van der Waals surface area contributed by atoms with Crippen LogP contribution in [-0.4, -0.2) is 53.2 Å². The molecule has 2 aromatic rings. The SMILES string of the molecule is CC(C(=O)Nc1cccc2ncccc12)N1CCCC(CNC(=O)OC(C)(C)C)C1. The molecule has 1 aromatic heterocycles. The Morgan fingerprint density at radius 1 is 1.27 bits per heavy atom. The van der Waals surface area contributed by atoms with Crippen molar-refractivity contribution in [3.05, 3.63) is 36.5 Å². The predicted octanol–water partition coefficient (Wildman–Crippen LogP) is 3.80. The van der Waals surface area contributed by atoms with Gasteiger partial charge >= 0.3 is 6.09 Å². The third-order valence-electron chi connectivity index (χ3n) is 5.32. The number of pyridine rings is 1. The van der Waals surface area contributed by atoms with Gasteiger partial charge in [-0.1, -0.05) is 6.07 Å². The molecule has 162 valence electrons. The molecule has 2 amide bonds. The highest BCUT2D eigenvalue weighted by atomic mass is 16.6. The largest absolute Gasteiger partial charge is 0.444 e. The number of ether oxygens (including phenoxy) is 1. The van der Waals surface area contributed by atoms with Crippen molar-refractivity contribution in [1.29, 1.82) is 0 Å². The Morgan fingerprint density at radius 3 is 2.83 bits per heavy atom. The second-order valence-corrected chi connectivity index (χ2v) is 8.93. The molecule has 2 unspecified atom stereocenters. The van der Waals surface area contributed by atoms with Crippen LogP contribution in [-0.2, 0) is 9.53 Å². The second kappa shape index (κ2) is 9.43. The Labute approximate surface area is 178 Å². The number of nitrogens with one attached hydrogen (secondary N) is 2. The van der Waals surface area contributed by atoms with Crippen LogP contribution in [0, 0.1) is 5.92 Å². The zero-order chi connectivity index (χ0) is 21.7. The van der Waals surface area contributed by atoms with Crippen LogP contribution in [0.5, 0.6) is 0 Å². The molecule has 1 fully saturated rings. The average Bonchev–Trinajstić information content (AvgIpc) is 2.71. The summed E-state index contributed by atoms with van der Waals surface area (Å²) in [5.41, 5.74) is 1.12. The number of carbonyl (C=O) groups is 2. The number of hydrogen-bond donors (Lipinski definition) is 2. The maximum Gasteiger partial charge on any atom is 0.407 e. The van der Waals surface area contributed by atoms with Crippen molar-refractivity contribution in [2.75, 3.05) is 25.0 Å². The molecule has 1 aromatic carbocycles. The van der Waals surface area contributed by atoms with Crippen molar-refractivity contribution >= 4 is 28.6 Å². The van der Waals surface area contributed by atoms with Gasteiger partial charge in [0.1, 0.15) is 5.60 Å². The fourth-order valence-corrected chi connectivity index (χ4v) is 3.77. The number of amides is 2. The van der Waals surface area contributed by atoms with Crippen LogP contribution >= 0.6 is 0 Å². The number of benzene rings is 1. The number of anilines is 1. The minimum Gasteiger partial charge on any atom is -0.444 e. The van der Waals surface area contributed by atoms with Crippen molar-refractivity contribution in [1.82, 2.24) is 15.2 Å². The van der Waals surface area contributed by atoms with Gasteiger partial charge in [0.05, 0.1) is 17.2 Å². The molecular weight excluding hydrogens is 380 g/mol. The van der Waals surface area contributed by atoms with Gasteiger partial charge < -0.3 is 15.4 Å². The van der Waals surface area contributed by atoms with E-state index < -0.39 is 11.7 Å². The van der Waals surface area contributed by atoms with E-state index >= 15 is 0 Å². The lowest BCUT2D eigenvalue weighted by Gasteiger charge is -2.36. The summed E-state index contributed by atoms with van der Waals surface area (Å²) in [6.45, 7) is 9.66. The molecule has 7 heteroatoms. The van der Waals surface area contributed by atoms with Gasteiger partial charge in [0.15, 0.2) is 0 Å². The molecule has 1 aliphatic heterocycles. The summed E-state index contributed by atoms with van der Waals surface area (Å²) in [4.78, 5) is 31.4. The number of alkyl carbamates (subject to hydrolysis) is 1. The maximum atomic E-state index is 12.9. The summed E-state index contributed by atoms with van der Waals surface area (Å²) in [5, 5.41) is 6.85. The van der Waals surface area contributed by atoms with E-state index in [0.717, 1.165) is 42.5 Å². The molecule has 0 aliphatic carbocycles. The van der Waals surface area contributed by atoms with Gasteiger partial charge in [-0.3, -0.25) is 14.7 Å². The van der Waals surface area contributed by atoms with Crippen LogP contribution < -0.4 is 10.6 Å².